The number of carbonyl (C=O) groups excluding carboxylic acids is 2. The van der Waals surface area contributed by atoms with Gasteiger partial charge >= 0.3 is 0 Å². The van der Waals surface area contributed by atoms with E-state index in [0.717, 1.165) is 5.82 Å². The summed E-state index contributed by atoms with van der Waals surface area (Å²) in [6.07, 6.45) is 4.06. The Morgan fingerprint density at radius 2 is 2.17 bits per heavy atom. The van der Waals surface area contributed by atoms with E-state index in [1.165, 1.54) is 6.92 Å². The van der Waals surface area contributed by atoms with Gasteiger partial charge < -0.3 is 15.6 Å². The van der Waals surface area contributed by atoms with Crippen molar-refractivity contribution in [2.24, 2.45) is 5.92 Å². The molecule has 3 N–H and O–H groups in total. The van der Waals surface area contributed by atoms with Gasteiger partial charge in [0.25, 0.3) is 0 Å². The third kappa shape index (κ3) is 4.57. The highest BCUT2D eigenvalue weighted by Gasteiger charge is 2.22. The molecule has 1 heterocycles. The maximum atomic E-state index is 11.9. The van der Waals surface area contributed by atoms with E-state index in [2.05, 4.69) is 20.6 Å². The van der Waals surface area contributed by atoms with Gasteiger partial charge in [0.15, 0.2) is 0 Å². The van der Waals surface area contributed by atoms with Gasteiger partial charge in [0.05, 0.1) is 0 Å². The molecule has 1 rings (SSSR count). The first kappa shape index (κ1) is 14.2. The maximum Gasteiger partial charge on any atom is 0.242 e. The Hall–Kier alpha value is -1.85. The minimum Gasteiger partial charge on any atom is -0.354 e. The predicted molar refractivity (Wildman–Crippen MR) is 67.7 cm³/mol. The molecule has 6 nitrogen and oxygen atoms in total. The SMILES string of the molecule is CC(=O)NC(C(=O)NCCc1ncc[nH]1)C(C)C. The van der Waals surface area contributed by atoms with Crippen LogP contribution in [-0.4, -0.2) is 34.4 Å². The van der Waals surface area contributed by atoms with Gasteiger partial charge in [-0.3, -0.25) is 9.59 Å². The number of H-pyrrole nitrogens is 1. The van der Waals surface area contributed by atoms with Gasteiger partial charge in [0.2, 0.25) is 11.8 Å². The Morgan fingerprint density at radius 1 is 1.44 bits per heavy atom. The van der Waals surface area contributed by atoms with Gasteiger partial charge in [-0.2, -0.15) is 0 Å². The quantitative estimate of drug-likeness (QED) is 0.677. The van der Waals surface area contributed by atoms with E-state index in [1.807, 2.05) is 13.8 Å². The standard InChI is InChI=1S/C12H20N4O2/c1-8(2)11(16-9(3)17)12(18)15-5-4-10-13-6-7-14-10/h6-8,11H,4-5H2,1-3H3,(H,13,14)(H,15,18)(H,16,17). The van der Waals surface area contributed by atoms with Gasteiger partial charge in [0, 0.05) is 32.3 Å². The van der Waals surface area contributed by atoms with Gasteiger partial charge in [-0.05, 0) is 5.92 Å². The van der Waals surface area contributed by atoms with Crippen molar-refractivity contribution < 1.29 is 9.59 Å². The van der Waals surface area contributed by atoms with Crippen molar-refractivity contribution in [3.63, 3.8) is 0 Å². The van der Waals surface area contributed by atoms with Crippen LogP contribution in [0.25, 0.3) is 0 Å². The van der Waals surface area contributed by atoms with E-state index in [9.17, 15) is 9.59 Å². The van der Waals surface area contributed by atoms with Crippen LogP contribution in [0.15, 0.2) is 12.4 Å². The molecule has 0 aliphatic rings. The molecule has 0 aromatic carbocycles. The molecule has 0 spiro atoms. The average molecular weight is 252 g/mol. The third-order valence-electron chi connectivity index (χ3n) is 2.52. The first-order valence-electron chi connectivity index (χ1n) is 6.03. The minimum atomic E-state index is -0.487. The van der Waals surface area contributed by atoms with Crippen molar-refractivity contribution in [3.05, 3.63) is 18.2 Å². The molecule has 0 aliphatic carbocycles. The molecular formula is C12H20N4O2. The van der Waals surface area contributed by atoms with Crippen molar-refractivity contribution >= 4 is 11.8 Å². The summed E-state index contributed by atoms with van der Waals surface area (Å²) in [5.41, 5.74) is 0. The van der Waals surface area contributed by atoms with Gasteiger partial charge in [0.1, 0.15) is 11.9 Å². The molecule has 1 aromatic heterocycles. The van der Waals surface area contributed by atoms with Crippen LogP contribution in [0.4, 0.5) is 0 Å². The fourth-order valence-electron chi connectivity index (χ4n) is 1.60. The Morgan fingerprint density at radius 3 is 2.67 bits per heavy atom. The van der Waals surface area contributed by atoms with Crippen LogP contribution < -0.4 is 10.6 Å². The largest absolute Gasteiger partial charge is 0.354 e. The van der Waals surface area contributed by atoms with Crippen molar-refractivity contribution in [3.8, 4) is 0 Å². The number of hydrogen-bond acceptors (Lipinski definition) is 3. The number of aromatic nitrogens is 2. The molecule has 2 amide bonds. The van der Waals surface area contributed by atoms with Crippen LogP contribution in [0.2, 0.25) is 0 Å². The topological polar surface area (TPSA) is 86.9 Å². The van der Waals surface area contributed by atoms with E-state index < -0.39 is 6.04 Å². The molecule has 100 valence electrons. The zero-order chi connectivity index (χ0) is 13.5. The number of nitrogens with one attached hydrogen (secondary N) is 3. The zero-order valence-corrected chi connectivity index (χ0v) is 11.0. The van der Waals surface area contributed by atoms with Crippen molar-refractivity contribution in [2.75, 3.05) is 6.54 Å². The molecule has 6 heteroatoms. The van der Waals surface area contributed by atoms with Crippen molar-refractivity contribution in [2.45, 2.75) is 33.2 Å². The minimum absolute atomic E-state index is 0.0533. The lowest BCUT2D eigenvalue weighted by Gasteiger charge is -2.20. The van der Waals surface area contributed by atoms with Crippen LogP contribution in [-0.2, 0) is 16.0 Å². The highest BCUT2D eigenvalue weighted by Crippen LogP contribution is 2.01. The molecule has 1 aromatic rings. The Bertz CT molecular complexity index is 387. The molecule has 0 saturated heterocycles. The van der Waals surface area contributed by atoms with E-state index >= 15 is 0 Å². The molecular weight excluding hydrogens is 232 g/mol. The molecule has 0 aliphatic heterocycles. The second kappa shape index (κ2) is 6.78. The number of imidazole rings is 1. The first-order chi connectivity index (χ1) is 8.50. The average Bonchev–Trinajstić information content (AvgIpc) is 2.78. The smallest absolute Gasteiger partial charge is 0.242 e. The zero-order valence-electron chi connectivity index (χ0n) is 11.0. The fraction of sp³-hybridized carbons (Fsp3) is 0.583. The molecule has 18 heavy (non-hydrogen) atoms. The maximum absolute atomic E-state index is 11.9. The van der Waals surface area contributed by atoms with Gasteiger partial charge in [-0.15, -0.1) is 0 Å². The lowest BCUT2D eigenvalue weighted by Crippen LogP contribution is -2.49. The molecule has 0 bridgehead atoms. The fourth-order valence-corrected chi connectivity index (χ4v) is 1.60. The number of carbonyl (C=O) groups is 2. The van der Waals surface area contributed by atoms with Gasteiger partial charge in [-0.1, -0.05) is 13.8 Å². The molecule has 0 fully saturated rings. The first-order valence-corrected chi connectivity index (χ1v) is 6.03. The summed E-state index contributed by atoms with van der Waals surface area (Å²) in [6, 6.07) is -0.487. The van der Waals surface area contributed by atoms with Gasteiger partial charge in [-0.25, -0.2) is 4.98 Å². The van der Waals surface area contributed by atoms with Crippen LogP contribution in [0.5, 0.6) is 0 Å². The van der Waals surface area contributed by atoms with E-state index in [4.69, 9.17) is 0 Å². The summed E-state index contributed by atoms with van der Waals surface area (Å²) in [6.45, 7) is 5.69. The lowest BCUT2D eigenvalue weighted by atomic mass is 10.0. The van der Waals surface area contributed by atoms with E-state index in [-0.39, 0.29) is 17.7 Å². The van der Waals surface area contributed by atoms with Crippen LogP contribution in [0.1, 0.15) is 26.6 Å². The summed E-state index contributed by atoms with van der Waals surface area (Å²) < 4.78 is 0. The predicted octanol–water partition coefficient (Wildman–Crippen LogP) is 0.229. The number of rotatable bonds is 6. The Kier molecular flexibility index (Phi) is 5.35. The second-order valence-electron chi connectivity index (χ2n) is 4.50. The number of hydrogen-bond donors (Lipinski definition) is 3. The summed E-state index contributed by atoms with van der Waals surface area (Å²) in [5.74, 6) is 0.523. The van der Waals surface area contributed by atoms with E-state index in [0.29, 0.717) is 13.0 Å². The highest BCUT2D eigenvalue weighted by atomic mass is 16.2. The number of aromatic amines is 1. The molecule has 0 radical (unpaired) electrons. The summed E-state index contributed by atoms with van der Waals surface area (Å²) in [5, 5.41) is 5.44. The van der Waals surface area contributed by atoms with Crippen LogP contribution in [0.3, 0.4) is 0 Å². The monoisotopic (exact) mass is 252 g/mol. The van der Waals surface area contributed by atoms with E-state index in [1.54, 1.807) is 12.4 Å². The van der Waals surface area contributed by atoms with Crippen molar-refractivity contribution in [1.29, 1.82) is 0 Å². The highest BCUT2D eigenvalue weighted by molar-refractivity contribution is 5.86. The summed E-state index contributed by atoms with van der Waals surface area (Å²) in [4.78, 5) is 29.9. The lowest BCUT2D eigenvalue weighted by molar-refractivity contribution is -0.129. The van der Waals surface area contributed by atoms with Crippen molar-refractivity contribution in [1.82, 2.24) is 20.6 Å². The summed E-state index contributed by atoms with van der Waals surface area (Å²) in [7, 11) is 0. The molecule has 1 atom stereocenters. The Labute approximate surface area is 107 Å². The second-order valence-corrected chi connectivity index (χ2v) is 4.50. The normalized spacial score (nSPS) is 12.2. The molecule has 1 unspecified atom stereocenters. The molecule has 0 saturated carbocycles. The summed E-state index contributed by atoms with van der Waals surface area (Å²) >= 11 is 0. The number of nitrogens with zero attached hydrogens (tertiary/aromatic N) is 1. The van der Waals surface area contributed by atoms with Crippen LogP contribution >= 0.6 is 0 Å². The van der Waals surface area contributed by atoms with Crippen LogP contribution in [0, 0.1) is 5.92 Å². The third-order valence-corrected chi connectivity index (χ3v) is 2.52. The Balaban J connectivity index is 2.39. The number of amides is 2.